The van der Waals surface area contributed by atoms with Crippen molar-refractivity contribution in [3.05, 3.63) is 46.5 Å². The number of rotatable bonds is 5. The summed E-state index contributed by atoms with van der Waals surface area (Å²) < 4.78 is 0. The number of carbonyl (C=O) groups is 1. The number of hydrogen-bond acceptors (Lipinski definition) is 5. The molecule has 1 amide bonds. The van der Waals surface area contributed by atoms with Crippen LogP contribution in [0.4, 0.5) is 5.13 Å². The number of nitrogens with one attached hydrogen (secondary N) is 1. The van der Waals surface area contributed by atoms with Crippen molar-refractivity contribution in [3.63, 3.8) is 0 Å². The number of oxime groups is 1. The van der Waals surface area contributed by atoms with Gasteiger partial charge in [0, 0.05) is 22.9 Å². The highest BCUT2D eigenvalue weighted by Crippen LogP contribution is 2.62. The van der Waals surface area contributed by atoms with E-state index in [0.717, 1.165) is 30.6 Å². The van der Waals surface area contributed by atoms with Crippen LogP contribution in [0.5, 0.6) is 0 Å². The van der Waals surface area contributed by atoms with Crippen LogP contribution in [0.3, 0.4) is 0 Å². The molecule has 0 spiro atoms. The summed E-state index contributed by atoms with van der Waals surface area (Å²) in [5.74, 6) is 2.38. The van der Waals surface area contributed by atoms with Crippen LogP contribution in [0, 0.1) is 30.1 Å². The molecule has 1 N–H and O–H groups in total. The molecule has 2 fully saturated rings. The second-order valence-corrected chi connectivity index (χ2v) is 11.3. The van der Waals surface area contributed by atoms with Gasteiger partial charge >= 0.3 is 0 Å². The van der Waals surface area contributed by atoms with Crippen molar-refractivity contribution in [2.45, 2.75) is 64.7 Å². The number of anilines is 1. The van der Waals surface area contributed by atoms with Crippen molar-refractivity contribution >= 4 is 28.1 Å². The summed E-state index contributed by atoms with van der Waals surface area (Å²) in [4.78, 5) is 23.3. The Morgan fingerprint density at radius 2 is 2.19 bits per heavy atom. The minimum Gasteiger partial charge on any atom is -0.399 e. The molecule has 5 rings (SSSR count). The van der Waals surface area contributed by atoms with E-state index in [1.165, 1.54) is 35.5 Å². The van der Waals surface area contributed by atoms with Crippen LogP contribution < -0.4 is 5.32 Å². The largest absolute Gasteiger partial charge is 0.399 e. The van der Waals surface area contributed by atoms with Gasteiger partial charge in [0.1, 0.15) is 7.11 Å². The van der Waals surface area contributed by atoms with Crippen LogP contribution in [0.1, 0.15) is 67.4 Å². The molecular formula is C26H33N3O2S. The third kappa shape index (κ3) is 3.76. The summed E-state index contributed by atoms with van der Waals surface area (Å²) in [5, 5.41) is 8.21. The molecular weight excluding hydrogens is 418 g/mol. The molecule has 1 aromatic heterocycles. The Balaban J connectivity index is 1.37. The standard InChI is InChI=1S/C26H33N3O2S/c1-16-15-27-25(32-16)28-23(30)11-9-18-14-22(29-31-3)26(2)13-12-20-19-7-5-4-6-17(19)8-10-21(20)24(18)26/h4-7,15,18,20-21,24H,8-14H2,1-3H3,(H,27,28,30). The summed E-state index contributed by atoms with van der Waals surface area (Å²) in [5.41, 5.74) is 4.40. The average molecular weight is 452 g/mol. The van der Waals surface area contributed by atoms with Crippen molar-refractivity contribution in [3.8, 4) is 0 Å². The molecule has 3 aliphatic carbocycles. The lowest BCUT2D eigenvalue weighted by Gasteiger charge is -2.50. The van der Waals surface area contributed by atoms with Crippen LogP contribution in [-0.2, 0) is 16.1 Å². The first-order valence-corrected chi connectivity index (χ1v) is 12.7. The fraction of sp³-hybridized carbons (Fsp3) is 0.577. The molecule has 0 radical (unpaired) electrons. The summed E-state index contributed by atoms with van der Waals surface area (Å²) >= 11 is 1.53. The lowest BCUT2D eigenvalue weighted by atomic mass is 9.54. The molecule has 0 saturated heterocycles. The molecule has 1 aromatic carbocycles. The number of thiazole rings is 1. The van der Waals surface area contributed by atoms with Crippen LogP contribution >= 0.6 is 11.3 Å². The van der Waals surface area contributed by atoms with Crippen LogP contribution in [0.15, 0.2) is 35.6 Å². The summed E-state index contributed by atoms with van der Waals surface area (Å²) in [6.45, 7) is 4.41. The molecule has 5 unspecified atom stereocenters. The minimum atomic E-state index is 0.0690. The number of nitrogens with zero attached hydrogens (tertiary/aromatic N) is 2. The van der Waals surface area contributed by atoms with Gasteiger partial charge in [0.15, 0.2) is 5.13 Å². The highest BCUT2D eigenvalue weighted by atomic mass is 32.1. The molecule has 32 heavy (non-hydrogen) atoms. The van der Waals surface area contributed by atoms with Crippen molar-refractivity contribution in [1.82, 2.24) is 4.98 Å². The van der Waals surface area contributed by atoms with Crippen LogP contribution in [-0.4, -0.2) is 23.7 Å². The Labute approximate surface area is 194 Å². The third-order valence-corrected chi connectivity index (χ3v) is 9.15. The fourth-order valence-electron chi connectivity index (χ4n) is 7.03. The van der Waals surface area contributed by atoms with E-state index in [9.17, 15) is 4.79 Å². The van der Waals surface area contributed by atoms with E-state index < -0.39 is 0 Å². The highest BCUT2D eigenvalue weighted by molar-refractivity contribution is 7.15. The van der Waals surface area contributed by atoms with Gasteiger partial charge < -0.3 is 10.2 Å². The zero-order valence-electron chi connectivity index (χ0n) is 19.3. The van der Waals surface area contributed by atoms with Gasteiger partial charge in [-0.25, -0.2) is 4.98 Å². The molecule has 5 atom stereocenters. The van der Waals surface area contributed by atoms with E-state index in [2.05, 4.69) is 46.6 Å². The van der Waals surface area contributed by atoms with E-state index in [0.29, 0.717) is 35.2 Å². The SMILES string of the molecule is CON=C1CC(CCC(=O)Nc2ncc(C)s2)C2C3CCc4ccccc4C3CCC12C. The van der Waals surface area contributed by atoms with E-state index in [-0.39, 0.29) is 11.3 Å². The van der Waals surface area contributed by atoms with Gasteiger partial charge in [0.2, 0.25) is 5.91 Å². The number of amides is 1. The fourth-order valence-corrected chi connectivity index (χ4v) is 7.71. The molecule has 170 valence electrons. The Morgan fingerprint density at radius 1 is 1.34 bits per heavy atom. The zero-order chi connectivity index (χ0) is 22.3. The second kappa shape index (κ2) is 8.62. The van der Waals surface area contributed by atoms with Gasteiger partial charge in [-0.15, -0.1) is 11.3 Å². The third-order valence-electron chi connectivity index (χ3n) is 8.32. The molecule has 5 nitrogen and oxygen atoms in total. The minimum absolute atomic E-state index is 0.0690. The first-order valence-electron chi connectivity index (χ1n) is 11.9. The molecule has 3 aliphatic rings. The van der Waals surface area contributed by atoms with E-state index in [1.54, 1.807) is 18.9 Å². The van der Waals surface area contributed by atoms with Gasteiger partial charge in [-0.05, 0) is 80.2 Å². The van der Waals surface area contributed by atoms with Crippen molar-refractivity contribution in [2.75, 3.05) is 12.4 Å². The number of carbonyl (C=O) groups excluding carboxylic acids is 1. The molecule has 1 heterocycles. The first kappa shape index (κ1) is 21.6. The van der Waals surface area contributed by atoms with E-state index in [1.807, 2.05) is 6.92 Å². The zero-order valence-corrected chi connectivity index (χ0v) is 20.1. The average Bonchev–Trinajstić information content (AvgIpc) is 3.32. The molecule has 2 aromatic rings. The van der Waals surface area contributed by atoms with Crippen LogP contribution in [0.25, 0.3) is 0 Å². The predicted octanol–water partition coefficient (Wildman–Crippen LogP) is 5.96. The summed E-state index contributed by atoms with van der Waals surface area (Å²) in [6, 6.07) is 9.04. The number of aromatic nitrogens is 1. The van der Waals surface area contributed by atoms with E-state index >= 15 is 0 Å². The Bertz CT molecular complexity index is 1030. The van der Waals surface area contributed by atoms with Gasteiger partial charge in [-0.3, -0.25) is 4.79 Å². The summed E-state index contributed by atoms with van der Waals surface area (Å²) in [6.07, 6.45) is 8.95. The van der Waals surface area contributed by atoms with Gasteiger partial charge in [0.25, 0.3) is 0 Å². The number of fused-ring (bicyclic) bond motifs is 5. The Morgan fingerprint density at radius 3 is 2.97 bits per heavy atom. The quantitative estimate of drug-likeness (QED) is 0.571. The smallest absolute Gasteiger partial charge is 0.226 e. The second-order valence-electron chi connectivity index (χ2n) is 10.0. The lowest BCUT2D eigenvalue weighted by molar-refractivity contribution is -0.116. The maximum atomic E-state index is 12.7. The predicted molar refractivity (Wildman–Crippen MR) is 129 cm³/mol. The van der Waals surface area contributed by atoms with Gasteiger partial charge in [-0.2, -0.15) is 0 Å². The first-order chi connectivity index (χ1) is 15.5. The molecule has 6 heteroatoms. The van der Waals surface area contributed by atoms with Crippen LogP contribution in [0.2, 0.25) is 0 Å². The molecule has 0 bridgehead atoms. The maximum Gasteiger partial charge on any atom is 0.226 e. The van der Waals surface area contributed by atoms with Crippen molar-refractivity contribution < 1.29 is 9.63 Å². The van der Waals surface area contributed by atoms with E-state index in [4.69, 9.17) is 4.84 Å². The Kier molecular flexibility index (Phi) is 5.82. The number of benzene rings is 1. The molecule has 0 aliphatic heterocycles. The summed E-state index contributed by atoms with van der Waals surface area (Å²) in [7, 11) is 1.66. The topological polar surface area (TPSA) is 63.6 Å². The Hall–Kier alpha value is -2.21. The number of hydrogen-bond donors (Lipinski definition) is 1. The van der Waals surface area contributed by atoms with Gasteiger partial charge in [0.05, 0.1) is 5.71 Å². The van der Waals surface area contributed by atoms with Crippen molar-refractivity contribution in [2.24, 2.45) is 28.3 Å². The number of aryl methyl sites for hydroxylation is 2. The lowest BCUT2D eigenvalue weighted by Crippen LogP contribution is -2.44. The highest BCUT2D eigenvalue weighted by Gasteiger charge is 2.57. The van der Waals surface area contributed by atoms with Crippen molar-refractivity contribution in [1.29, 1.82) is 0 Å². The normalized spacial score (nSPS) is 32.2. The molecule has 2 saturated carbocycles. The van der Waals surface area contributed by atoms with Gasteiger partial charge in [-0.1, -0.05) is 36.3 Å². The maximum absolute atomic E-state index is 12.7. The monoisotopic (exact) mass is 451 g/mol.